The van der Waals surface area contributed by atoms with E-state index < -0.39 is 16.1 Å². The van der Waals surface area contributed by atoms with Crippen LogP contribution in [0.25, 0.3) is 0 Å². The molecule has 2 saturated heterocycles. The lowest BCUT2D eigenvalue weighted by atomic mass is 10.0. The summed E-state index contributed by atoms with van der Waals surface area (Å²) in [7, 11) is -3.78. The third-order valence-corrected chi connectivity index (χ3v) is 8.61. The Hall–Kier alpha value is -1.97. The molecule has 1 aromatic carbocycles. The van der Waals surface area contributed by atoms with Gasteiger partial charge in [-0.05, 0) is 49.5 Å². The maximum absolute atomic E-state index is 13.4. The van der Waals surface area contributed by atoms with E-state index in [2.05, 4.69) is 24.1 Å². The molecule has 1 N–H and O–H groups in total. The SMILES string of the molecule is CC(=O)N1CCN(S(=O)(=O)c2ccc(C(C)C)cc2)[C@@H](CC(=O)NCCN2CCCCC2)C1. The summed E-state index contributed by atoms with van der Waals surface area (Å²) in [6, 6.07) is 6.36. The molecular weight excluding hydrogens is 440 g/mol. The maximum atomic E-state index is 13.4. The van der Waals surface area contributed by atoms with E-state index in [0.717, 1.165) is 25.2 Å². The van der Waals surface area contributed by atoms with Crippen molar-refractivity contribution in [1.29, 1.82) is 0 Å². The van der Waals surface area contributed by atoms with Crippen molar-refractivity contribution >= 4 is 21.8 Å². The van der Waals surface area contributed by atoms with Crippen molar-refractivity contribution in [2.75, 3.05) is 45.8 Å². The highest BCUT2D eigenvalue weighted by Gasteiger charge is 2.37. The maximum Gasteiger partial charge on any atom is 0.243 e. The number of carbonyl (C=O) groups is 2. The van der Waals surface area contributed by atoms with Gasteiger partial charge in [-0.3, -0.25) is 9.59 Å². The Balaban J connectivity index is 1.68. The first kappa shape index (κ1) is 25.6. The van der Waals surface area contributed by atoms with E-state index in [0.29, 0.717) is 19.0 Å². The second kappa shape index (κ2) is 11.4. The predicted octanol–water partition coefficient (Wildman–Crippen LogP) is 2.02. The zero-order valence-corrected chi connectivity index (χ0v) is 20.9. The molecule has 9 heteroatoms. The minimum absolute atomic E-state index is 0.0348. The number of benzene rings is 1. The van der Waals surface area contributed by atoms with Crippen LogP contribution >= 0.6 is 0 Å². The molecule has 0 radical (unpaired) electrons. The summed E-state index contributed by atoms with van der Waals surface area (Å²) in [5.74, 6) is 0.0175. The van der Waals surface area contributed by atoms with Gasteiger partial charge in [-0.2, -0.15) is 4.31 Å². The van der Waals surface area contributed by atoms with Gasteiger partial charge in [0.1, 0.15) is 0 Å². The second-order valence-corrected chi connectivity index (χ2v) is 11.3. The van der Waals surface area contributed by atoms with Gasteiger partial charge < -0.3 is 15.1 Å². The molecule has 33 heavy (non-hydrogen) atoms. The van der Waals surface area contributed by atoms with E-state index >= 15 is 0 Å². The van der Waals surface area contributed by atoms with Crippen LogP contribution in [0.2, 0.25) is 0 Å². The zero-order chi connectivity index (χ0) is 24.0. The van der Waals surface area contributed by atoms with Crippen molar-refractivity contribution in [2.24, 2.45) is 0 Å². The molecule has 1 atom stereocenters. The summed E-state index contributed by atoms with van der Waals surface area (Å²) < 4.78 is 28.3. The van der Waals surface area contributed by atoms with E-state index in [4.69, 9.17) is 0 Å². The molecule has 0 unspecified atom stereocenters. The molecule has 184 valence electrons. The molecule has 0 aromatic heterocycles. The van der Waals surface area contributed by atoms with Crippen molar-refractivity contribution < 1.29 is 18.0 Å². The number of amides is 2. The lowest BCUT2D eigenvalue weighted by Gasteiger charge is -2.40. The van der Waals surface area contributed by atoms with Crippen molar-refractivity contribution in [3.8, 4) is 0 Å². The van der Waals surface area contributed by atoms with Crippen LogP contribution in [0.3, 0.4) is 0 Å². The first-order valence-electron chi connectivity index (χ1n) is 12.0. The highest BCUT2D eigenvalue weighted by atomic mass is 32.2. The normalized spacial score (nSPS) is 20.7. The molecule has 3 rings (SSSR count). The van der Waals surface area contributed by atoms with Crippen LogP contribution in [0, 0.1) is 0 Å². The van der Waals surface area contributed by atoms with Crippen LogP contribution in [0.15, 0.2) is 29.2 Å². The van der Waals surface area contributed by atoms with Gasteiger partial charge in [0, 0.05) is 46.1 Å². The van der Waals surface area contributed by atoms with Gasteiger partial charge in [-0.15, -0.1) is 0 Å². The molecule has 2 fully saturated rings. The number of carbonyl (C=O) groups excluding carboxylic acids is 2. The minimum atomic E-state index is -3.78. The van der Waals surface area contributed by atoms with Crippen LogP contribution < -0.4 is 5.32 Å². The van der Waals surface area contributed by atoms with Gasteiger partial charge in [0.15, 0.2) is 0 Å². The molecule has 1 aromatic rings. The van der Waals surface area contributed by atoms with Gasteiger partial charge >= 0.3 is 0 Å². The average Bonchev–Trinajstić information content (AvgIpc) is 2.79. The van der Waals surface area contributed by atoms with Gasteiger partial charge in [-0.25, -0.2) is 8.42 Å². The van der Waals surface area contributed by atoms with E-state index in [9.17, 15) is 18.0 Å². The number of hydrogen-bond donors (Lipinski definition) is 1. The van der Waals surface area contributed by atoms with Gasteiger partial charge in [0.2, 0.25) is 21.8 Å². The van der Waals surface area contributed by atoms with Crippen molar-refractivity contribution in [2.45, 2.75) is 63.3 Å². The average molecular weight is 479 g/mol. The van der Waals surface area contributed by atoms with E-state index in [1.807, 2.05) is 12.1 Å². The van der Waals surface area contributed by atoms with Crippen LogP contribution in [-0.4, -0.2) is 86.2 Å². The lowest BCUT2D eigenvalue weighted by Crippen LogP contribution is -2.57. The van der Waals surface area contributed by atoms with Gasteiger partial charge in [0.05, 0.1) is 10.9 Å². The number of nitrogens with zero attached hydrogens (tertiary/aromatic N) is 3. The van der Waals surface area contributed by atoms with Crippen molar-refractivity contribution in [1.82, 2.24) is 19.4 Å². The molecule has 2 aliphatic heterocycles. The third kappa shape index (κ3) is 6.77. The highest BCUT2D eigenvalue weighted by Crippen LogP contribution is 2.25. The Morgan fingerprint density at radius 2 is 1.70 bits per heavy atom. The van der Waals surface area contributed by atoms with Crippen LogP contribution in [0.5, 0.6) is 0 Å². The Kier molecular flexibility index (Phi) is 8.89. The zero-order valence-electron chi connectivity index (χ0n) is 20.1. The first-order valence-corrected chi connectivity index (χ1v) is 13.5. The minimum Gasteiger partial charge on any atom is -0.355 e. The molecule has 0 spiro atoms. The van der Waals surface area contributed by atoms with E-state index in [1.165, 1.54) is 30.5 Å². The highest BCUT2D eigenvalue weighted by molar-refractivity contribution is 7.89. The van der Waals surface area contributed by atoms with E-state index in [1.54, 1.807) is 17.0 Å². The summed E-state index contributed by atoms with van der Waals surface area (Å²) in [5.41, 5.74) is 1.07. The summed E-state index contributed by atoms with van der Waals surface area (Å²) in [4.78, 5) is 28.9. The predicted molar refractivity (Wildman–Crippen MR) is 128 cm³/mol. The van der Waals surface area contributed by atoms with Gasteiger partial charge in [-0.1, -0.05) is 32.4 Å². The number of rotatable bonds is 8. The quantitative estimate of drug-likeness (QED) is 0.617. The number of hydrogen-bond acceptors (Lipinski definition) is 5. The first-order chi connectivity index (χ1) is 15.7. The van der Waals surface area contributed by atoms with Crippen molar-refractivity contribution in [3.63, 3.8) is 0 Å². The smallest absolute Gasteiger partial charge is 0.243 e. The number of sulfonamides is 1. The number of piperazine rings is 1. The largest absolute Gasteiger partial charge is 0.355 e. The molecular formula is C24H38N4O4S. The van der Waals surface area contributed by atoms with Crippen molar-refractivity contribution in [3.05, 3.63) is 29.8 Å². The summed E-state index contributed by atoms with van der Waals surface area (Å²) in [6.07, 6.45) is 3.69. The molecule has 2 aliphatic rings. The van der Waals surface area contributed by atoms with Crippen LogP contribution in [0.1, 0.15) is 57.9 Å². The Morgan fingerprint density at radius 3 is 2.30 bits per heavy atom. The van der Waals surface area contributed by atoms with Crippen LogP contribution in [0.4, 0.5) is 0 Å². The fourth-order valence-corrected chi connectivity index (χ4v) is 6.20. The molecule has 8 nitrogen and oxygen atoms in total. The topological polar surface area (TPSA) is 90.0 Å². The summed E-state index contributed by atoms with van der Waals surface area (Å²) in [5, 5.41) is 2.95. The fraction of sp³-hybridized carbons (Fsp3) is 0.667. The fourth-order valence-electron chi connectivity index (χ4n) is 4.59. The summed E-state index contributed by atoms with van der Waals surface area (Å²) in [6.45, 7) is 9.80. The standard InChI is InChI=1S/C24H38N4O4S/c1-19(2)21-7-9-23(10-8-21)33(31,32)28-16-15-27(20(3)29)18-22(28)17-24(30)25-11-14-26-12-5-4-6-13-26/h7-10,19,22H,4-6,11-18H2,1-3H3,(H,25,30)/t22-/m0/s1. The van der Waals surface area contributed by atoms with E-state index in [-0.39, 0.29) is 36.2 Å². The summed E-state index contributed by atoms with van der Waals surface area (Å²) >= 11 is 0. The molecule has 0 saturated carbocycles. The molecule has 0 aliphatic carbocycles. The molecule has 0 bridgehead atoms. The number of piperidine rings is 1. The number of nitrogens with one attached hydrogen (secondary N) is 1. The Morgan fingerprint density at radius 1 is 1.03 bits per heavy atom. The Bertz CT molecular complexity index is 911. The monoisotopic (exact) mass is 478 g/mol. The number of likely N-dealkylation sites (tertiary alicyclic amines) is 1. The van der Waals surface area contributed by atoms with Crippen LogP contribution in [-0.2, 0) is 19.6 Å². The lowest BCUT2D eigenvalue weighted by molar-refractivity contribution is -0.132. The van der Waals surface area contributed by atoms with Gasteiger partial charge in [0.25, 0.3) is 0 Å². The Labute approximate surface area is 198 Å². The third-order valence-electron chi connectivity index (χ3n) is 6.65. The molecule has 2 amide bonds. The second-order valence-electron chi connectivity index (χ2n) is 9.41. The molecule has 2 heterocycles.